The van der Waals surface area contributed by atoms with Gasteiger partial charge in [0.05, 0.1) is 26.9 Å². The van der Waals surface area contributed by atoms with Crippen molar-refractivity contribution in [2.24, 2.45) is 4.99 Å². The van der Waals surface area contributed by atoms with Gasteiger partial charge in [-0.2, -0.15) is 0 Å². The van der Waals surface area contributed by atoms with Gasteiger partial charge in [-0.1, -0.05) is 6.92 Å². The highest BCUT2D eigenvalue weighted by molar-refractivity contribution is 5.79. The molecule has 2 rings (SSSR count). The summed E-state index contributed by atoms with van der Waals surface area (Å²) in [5, 5.41) is 17.2. The van der Waals surface area contributed by atoms with Crippen LogP contribution < -0.4 is 20.1 Å². The third kappa shape index (κ3) is 6.29. The van der Waals surface area contributed by atoms with Gasteiger partial charge in [-0.15, -0.1) is 0 Å². The number of rotatable bonds is 9. The summed E-state index contributed by atoms with van der Waals surface area (Å²) in [6.45, 7) is 8.39. The number of aliphatic hydroxyl groups is 1. The van der Waals surface area contributed by atoms with Crippen molar-refractivity contribution in [1.82, 2.24) is 15.5 Å². The molecule has 1 aromatic rings. The number of methoxy groups -OCH3 is 2. The van der Waals surface area contributed by atoms with Crippen molar-refractivity contribution in [1.29, 1.82) is 0 Å². The Kier molecular flexibility index (Phi) is 8.67. The highest BCUT2D eigenvalue weighted by Crippen LogP contribution is 2.26. The van der Waals surface area contributed by atoms with Gasteiger partial charge in [-0.05, 0) is 50.6 Å². The molecule has 1 heterocycles. The van der Waals surface area contributed by atoms with E-state index in [9.17, 15) is 5.11 Å². The van der Waals surface area contributed by atoms with E-state index in [4.69, 9.17) is 9.47 Å². The molecule has 0 spiro atoms. The molecule has 27 heavy (non-hydrogen) atoms. The van der Waals surface area contributed by atoms with Gasteiger partial charge in [0.15, 0.2) is 5.96 Å². The fourth-order valence-electron chi connectivity index (χ4n) is 3.40. The molecule has 7 nitrogen and oxygen atoms in total. The minimum atomic E-state index is -0.733. The highest BCUT2D eigenvalue weighted by atomic mass is 16.5. The van der Waals surface area contributed by atoms with Crippen LogP contribution in [0.5, 0.6) is 11.5 Å². The van der Waals surface area contributed by atoms with Gasteiger partial charge in [0.2, 0.25) is 0 Å². The van der Waals surface area contributed by atoms with Gasteiger partial charge in [0.25, 0.3) is 0 Å². The first-order chi connectivity index (χ1) is 13.1. The van der Waals surface area contributed by atoms with Crippen LogP contribution in [0.3, 0.4) is 0 Å². The maximum absolute atomic E-state index is 10.6. The Bertz CT molecular complexity index is 587. The van der Waals surface area contributed by atoms with E-state index in [-0.39, 0.29) is 6.54 Å². The van der Waals surface area contributed by atoms with E-state index < -0.39 is 6.10 Å². The summed E-state index contributed by atoms with van der Waals surface area (Å²) in [6.07, 6.45) is 1.74. The van der Waals surface area contributed by atoms with Crippen molar-refractivity contribution in [3.05, 3.63) is 23.8 Å². The van der Waals surface area contributed by atoms with Crippen LogP contribution in [-0.4, -0.2) is 69.0 Å². The predicted octanol–water partition coefficient (Wildman–Crippen LogP) is 1.78. The molecule has 7 heteroatoms. The lowest BCUT2D eigenvalue weighted by Gasteiger charge is -2.24. The summed E-state index contributed by atoms with van der Waals surface area (Å²) in [7, 11) is 3.19. The van der Waals surface area contributed by atoms with Crippen LogP contribution in [-0.2, 0) is 0 Å². The molecule has 0 bridgehead atoms. The second kappa shape index (κ2) is 11.0. The molecule has 1 aliphatic rings. The van der Waals surface area contributed by atoms with Gasteiger partial charge in [-0.3, -0.25) is 9.89 Å². The van der Waals surface area contributed by atoms with Crippen LogP contribution in [0, 0.1) is 0 Å². The normalized spacial score (nSPS) is 19.0. The van der Waals surface area contributed by atoms with Crippen LogP contribution in [0.4, 0.5) is 0 Å². The summed E-state index contributed by atoms with van der Waals surface area (Å²) < 4.78 is 10.5. The first kappa shape index (κ1) is 21.3. The Morgan fingerprint density at radius 3 is 2.52 bits per heavy atom. The van der Waals surface area contributed by atoms with Crippen molar-refractivity contribution in [3.63, 3.8) is 0 Å². The monoisotopic (exact) mass is 378 g/mol. The SMILES string of the molecule is CCNC(=NCC(O)c1cc(OC)cc(OC)c1)NCC1CCCN1CC. The van der Waals surface area contributed by atoms with E-state index in [1.54, 1.807) is 32.4 Å². The van der Waals surface area contributed by atoms with E-state index in [2.05, 4.69) is 27.4 Å². The lowest BCUT2D eigenvalue weighted by molar-refractivity contribution is 0.186. The molecule has 2 atom stereocenters. The van der Waals surface area contributed by atoms with Crippen molar-refractivity contribution in [2.75, 3.05) is 46.9 Å². The number of ether oxygens (including phenoxy) is 2. The van der Waals surface area contributed by atoms with Crippen molar-refractivity contribution < 1.29 is 14.6 Å². The topological polar surface area (TPSA) is 78.4 Å². The molecular formula is C20H34N4O3. The number of aliphatic hydroxyl groups excluding tert-OH is 1. The average molecular weight is 379 g/mol. The first-order valence-electron chi connectivity index (χ1n) is 9.78. The molecule has 1 aromatic carbocycles. The molecule has 1 fully saturated rings. The van der Waals surface area contributed by atoms with Gasteiger partial charge < -0.3 is 25.2 Å². The van der Waals surface area contributed by atoms with E-state index in [1.807, 2.05) is 6.92 Å². The summed E-state index contributed by atoms with van der Waals surface area (Å²) >= 11 is 0. The van der Waals surface area contributed by atoms with E-state index in [1.165, 1.54) is 19.4 Å². The zero-order valence-electron chi connectivity index (χ0n) is 17.0. The number of nitrogens with one attached hydrogen (secondary N) is 2. The maximum Gasteiger partial charge on any atom is 0.191 e. The Labute approximate surface area is 162 Å². The highest BCUT2D eigenvalue weighted by Gasteiger charge is 2.22. The summed E-state index contributed by atoms with van der Waals surface area (Å²) in [4.78, 5) is 7.05. The van der Waals surface area contributed by atoms with E-state index >= 15 is 0 Å². The Morgan fingerprint density at radius 1 is 1.22 bits per heavy atom. The first-order valence-corrected chi connectivity index (χ1v) is 9.78. The largest absolute Gasteiger partial charge is 0.497 e. The molecule has 1 aliphatic heterocycles. The molecule has 0 aromatic heterocycles. The molecule has 0 radical (unpaired) electrons. The van der Waals surface area contributed by atoms with Crippen molar-refractivity contribution >= 4 is 5.96 Å². The van der Waals surface area contributed by atoms with Gasteiger partial charge in [0, 0.05) is 25.2 Å². The molecule has 0 amide bonds. The van der Waals surface area contributed by atoms with Crippen molar-refractivity contribution in [2.45, 2.75) is 38.8 Å². The number of benzene rings is 1. The van der Waals surface area contributed by atoms with Gasteiger partial charge in [0.1, 0.15) is 11.5 Å². The number of likely N-dealkylation sites (tertiary alicyclic amines) is 1. The number of hydrogen-bond acceptors (Lipinski definition) is 5. The Morgan fingerprint density at radius 2 is 1.93 bits per heavy atom. The standard InChI is InChI=1S/C20H34N4O3/c1-5-21-20(22-13-16-8-7-9-24(16)6-2)23-14-19(25)15-10-17(26-3)12-18(11-15)27-4/h10-12,16,19,25H,5-9,13-14H2,1-4H3,(H2,21,22,23). The number of aliphatic imine (C=N–C) groups is 1. The summed E-state index contributed by atoms with van der Waals surface area (Å²) in [6, 6.07) is 5.94. The number of hydrogen-bond donors (Lipinski definition) is 3. The molecule has 0 aliphatic carbocycles. The molecular weight excluding hydrogens is 344 g/mol. The number of likely N-dealkylation sites (N-methyl/N-ethyl adjacent to an activating group) is 1. The van der Waals surface area contributed by atoms with Crippen LogP contribution in [0.1, 0.15) is 38.4 Å². The third-order valence-corrected chi connectivity index (χ3v) is 4.94. The van der Waals surface area contributed by atoms with Crippen LogP contribution in [0.2, 0.25) is 0 Å². The zero-order chi connectivity index (χ0) is 19.6. The predicted molar refractivity (Wildman–Crippen MR) is 109 cm³/mol. The van der Waals surface area contributed by atoms with Gasteiger partial charge >= 0.3 is 0 Å². The van der Waals surface area contributed by atoms with Crippen molar-refractivity contribution in [3.8, 4) is 11.5 Å². The zero-order valence-corrected chi connectivity index (χ0v) is 17.0. The molecule has 1 saturated heterocycles. The minimum Gasteiger partial charge on any atom is -0.497 e. The lowest BCUT2D eigenvalue weighted by atomic mass is 10.1. The number of guanidine groups is 1. The Hall–Kier alpha value is -1.99. The van der Waals surface area contributed by atoms with E-state index in [0.717, 1.165) is 31.2 Å². The smallest absolute Gasteiger partial charge is 0.191 e. The molecule has 3 N–H and O–H groups in total. The molecule has 0 saturated carbocycles. The fraction of sp³-hybridized carbons (Fsp3) is 0.650. The maximum atomic E-state index is 10.6. The van der Waals surface area contributed by atoms with Crippen LogP contribution in [0.15, 0.2) is 23.2 Å². The third-order valence-electron chi connectivity index (χ3n) is 4.94. The molecule has 2 unspecified atom stereocenters. The number of nitrogens with zero attached hydrogens (tertiary/aromatic N) is 2. The lowest BCUT2D eigenvalue weighted by Crippen LogP contribution is -2.45. The summed E-state index contributed by atoms with van der Waals surface area (Å²) in [5.74, 6) is 2.03. The fourth-order valence-corrected chi connectivity index (χ4v) is 3.40. The van der Waals surface area contributed by atoms with Gasteiger partial charge in [-0.25, -0.2) is 0 Å². The second-order valence-electron chi connectivity index (χ2n) is 6.69. The quantitative estimate of drug-likeness (QED) is 0.449. The Balaban J connectivity index is 1.98. The summed E-state index contributed by atoms with van der Waals surface area (Å²) in [5.41, 5.74) is 0.721. The van der Waals surface area contributed by atoms with E-state index in [0.29, 0.717) is 17.5 Å². The van der Waals surface area contributed by atoms with Crippen LogP contribution in [0.25, 0.3) is 0 Å². The van der Waals surface area contributed by atoms with Crippen LogP contribution >= 0.6 is 0 Å². The average Bonchev–Trinajstić information content (AvgIpc) is 3.16. The second-order valence-corrected chi connectivity index (χ2v) is 6.69. The molecule has 152 valence electrons. The minimum absolute atomic E-state index is 0.258.